The van der Waals surface area contributed by atoms with E-state index in [1.54, 1.807) is 0 Å². The van der Waals surface area contributed by atoms with E-state index >= 15 is 0 Å². The Balaban J connectivity index is 4.07. The Kier molecular flexibility index (Phi) is 9.16. The third-order valence-electron chi connectivity index (χ3n) is 2.55. The molecule has 0 aliphatic heterocycles. The topological polar surface area (TPSA) is 70.5 Å². The third-order valence-corrected chi connectivity index (χ3v) is 5.61. The molecule has 0 rings (SSSR count). The SMILES string of the molecule is CCO[Si](C)(CCCN)OC(C)CCCN. The van der Waals surface area contributed by atoms with Gasteiger partial charge in [0.25, 0.3) is 0 Å². The van der Waals surface area contributed by atoms with Crippen molar-refractivity contribution >= 4 is 8.56 Å². The molecule has 0 aliphatic carbocycles. The number of hydrogen-bond donors (Lipinski definition) is 2. The normalized spacial score (nSPS) is 17.1. The molecule has 16 heavy (non-hydrogen) atoms. The minimum Gasteiger partial charge on any atom is -0.395 e. The fraction of sp³-hybridized carbons (Fsp3) is 1.00. The van der Waals surface area contributed by atoms with Gasteiger partial charge in [0.2, 0.25) is 0 Å². The van der Waals surface area contributed by atoms with Crippen molar-refractivity contribution in [2.24, 2.45) is 11.5 Å². The van der Waals surface area contributed by atoms with Crippen molar-refractivity contribution < 1.29 is 8.85 Å². The molecule has 0 spiro atoms. The molecule has 0 aromatic carbocycles. The van der Waals surface area contributed by atoms with Crippen molar-refractivity contribution in [2.75, 3.05) is 19.7 Å². The number of rotatable bonds is 10. The second kappa shape index (κ2) is 9.12. The lowest BCUT2D eigenvalue weighted by Gasteiger charge is -2.30. The first-order chi connectivity index (χ1) is 7.58. The summed E-state index contributed by atoms with van der Waals surface area (Å²) in [5, 5.41) is 0. The van der Waals surface area contributed by atoms with Crippen LogP contribution in [0, 0.1) is 0 Å². The summed E-state index contributed by atoms with van der Waals surface area (Å²) in [6, 6.07) is 0.976. The Bertz CT molecular complexity index is 172. The highest BCUT2D eigenvalue weighted by molar-refractivity contribution is 6.66. The fourth-order valence-electron chi connectivity index (χ4n) is 1.78. The van der Waals surface area contributed by atoms with Crippen LogP contribution in [0.25, 0.3) is 0 Å². The van der Waals surface area contributed by atoms with Gasteiger partial charge in [-0.2, -0.15) is 0 Å². The standard InChI is InChI=1S/C11H28N2O2Si/c1-4-14-16(3,10-6-9-13)15-11(2)7-5-8-12/h11H,4-10,12-13H2,1-3H3. The molecule has 0 aromatic heterocycles. The summed E-state index contributed by atoms with van der Waals surface area (Å²) in [5.41, 5.74) is 11.0. The molecule has 0 saturated heterocycles. The molecule has 0 radical (unpaired) electrons. The second-order valence-corrected chi connectivity index (χ2v) is 7.61. The lowest BCUT2D eigenvalue weighted by atomic mass is 10.2. The molecular formula is C11H28N2O2Si. The van der Waals surface area contributed by atoms with E-state index in [9.17, 15) is 0 Å². The maximum Gasteiger partial charge on any atom is 0.335 e. The van der Waals surface area contributed by atoms with Crippen LogP contribution < -0.4 is 11.5 Å². The Morgan fingerprint density at radius 2 is 1.81 bits per heavy atom. The Morgan fingerprint density at radius 1 is 1.19 bits per heavy atom. The van der Waals surface area contributed by atoms with Crippen LogP contribution in [-0.2, 0) is 8.85 Å². The van der Waals surface area contributed by atoms with Gasteiger partial charge in [-0.3, -0.25) is 0 Å². The van der Waals surface area contributed by atoms with E-state index in [0.29, 0.717) is 6.54 Å². The van der Waals surface area contributed by atoms with Crippen molar-refractivity contribution in [1.29, 1.82) is 0 Å². The number of nitrogens with two attached hydrogens (primary N) is 2. The Morgan fingerprint density at radius 3 is 2.31 bits per heavy atom. The minimum atomic E-state index is -2.00. The van der Waals surface area contributed by atoms with Gasteiger partial charge in [-0.1, -0.05) is 0 Å². The molecule has 2 unspecified atom stereocenters. The van der Waals surface area contributed by atoms with Crippen LogP contribution in [0.5, 0.6) is 0 Å². The highest BCUT2D eigenvalue weighted by Gasteiger charge is 2.32. The van der Waals surface area contributed by atoms with Gasteiger partial charge in [-0.05, 0) is 58.8 Å². The van der Waals surface area contributed by atoms with Gasteiger partial charge in [0, 0.05) is 12.7 Å². The first-order valence-corrected chi connectivity index (χ1v) is 8.82. The van der Waals surface area contributed by atoms with E-state index < -0.39 is 8.56 Å². The first kappa shape index (κ1) is 16.1. The maximum atomic E-state index is 6.09. The van der Waals surface area contributed by atoms with Crippen molar-refractivity contribution in [2.45, 2.75) is 51.8 Å². The number of hydrogen-bond acceptors (Lipinski definition) is 4. The summed E-state index contributed by atoms with van der Waals surface area (Å²) >= 11 is 0. The van der Waals surface area contributed by atoms with Gasteiger partial charge in [0.05, 0.1) is 0 Å². The zero-order chi connectivity index (χ0) is 12.4. The van der Waals surface area contributed by atoms with E-state index in [1.165, 1.54) is 0 Å². The second-order valence-electron chi connectivity index (χ2n) is 4.32. The average molecular weight is 248 g/mol. The summed E-state index contributed by atoms with van der Waals surface area (Å²) in [7, 11) is -2.00. The maximum absolute atomic E-state index is 6.09. The molecule has 0 aliphatic rings. The molecule has 4 N–H and O–H groups in total. The van der Waals surface area contributed by atoms with Crippen LogP contribution >= 0.6 is 0 Å². The van der Waals surface area contributed by atoms with Gasteiger partial charge in [0.1, 0.15) is 0 Å². The predicted octanol–water partition coefficient (Wildman–Crippen LogP) is 1.59. The molecule has 0 aromatic rings. The molecule has 0 fully saturated rings. The molecule has 0 amide bonds. The van der Waals surface area contributed by atoms with Crippen LogP contribution in [0.4, 0.5) is 0 Å². The van der Waals surface area contributed by atoms with Crippen molar-refractivity contribution in [3.8, 4) is 0 Å². The molecule has 4 nitrogen and oxygen atoms in total. The largest absolute Gasteiger partial charge is 0.395 e. The molecule has 5 heteroatoms. The molecule has 98 valence electrons. The van der Waals surface area contributed by atoms with Crippen LogP contribution in [0.15, 0.2) is 0 Å². The minimum absolute atomic E-state index is 0.240. The van der Waals surface area contributed by atoms with E-state index in [1.807, 2.05) is 6.92 Å². The van der Waals surface area contributed by atoms with Crippen LogP contribution in [0.2, 0.25) is 12.6 Å². The zero-order valence-corrected chi connectivity index (χ0v) is 12.0. The fourth-order valence-corrected chi connectivity index (χ4v) is 4.54. The van der Waals surface area contributed by atoms with Crippen molar-refractivity contribution in [1.82, 2.24) is 0 Å². The predicted molar refractivity (Wildman–Crippen MR) is 70.6 cm³/mol. The molecule has 0 bridgehead atoms. The third kappa shape index (κ3) is 7.35. The summed E-state index contributed by atoms with van der Waals surface area (Å²) in [5.74, 6) is 0. The van der Waals surface area contributed by atoms with Gasteiger partial charge >= 0.3 is 8.56 Å². The van der Waals surface area contributed by atoms with Crippen LogP contribution in [0.3, 0.4) is 0 Å². The summed E-state index contributed by atoms with van der Waals surface area (Å²) in [4.78, 5) is 0. The van der Waals surface area contributed by atoms with Gasteiger partial charge in [-0.25, -0.2) is 0 Å². The van der Waals surface area contributed by atoms with Crippen molar-refractivity contribution in [3.05, 3.63) is 0 Å². The summed E-state index contributed by atoms with van der Waals surface area (Å²) in [6.45, 7) is 8.39. The quantitative estimate of drug-likeness (QED) is 0.576. The van der Waals surface area contributed by atoms with Crippen LogP contribution in [0.1, 0.15) is 33.1 Å². The summed E-state index contributed by atoms with van der Waals surface area (Å²) in [6.07, 6.45) is 3.24. The highest BCUT2D eigenvalue weighted by atomic mass is 28.4. The molecule has 0 heterocycles. The first-order valence-electron chi connectivity index (χ1n) is 6.30. The molecular weight excluding hydrogens is 220 g/mol. The Hall–Kier alpha value is 0.0569. The smallest absolute Gasteiger partial charge is 0.335 e. The van der Waals surface area contributed by atoms with E-state index in [4.69, 9.17) is 20.3 Å². The van der Waals surface area contributed by atoms with E-state index in [0.717, 1.165) is 38.5 Å². The van der Waals surface area contributed by atoms with E-state index in [2.05, 4.69) is 13.5 Å². The van der Waals surface area contributed by atoms with Crippen molar-refractivity contribution in [3.63, 3.8) is 0 Å². The lowest BCUT2D eigenvalue weighted by Crippen LogP contribution is -2.42. The monoisotopic (exact) mass is 248 g/mol. The van der Waals surface area contributed by atoms with E-state index in [-0.39, 0.29) is 6.10 Å². The Labute approximate surface area is 101 Å². The van der Waals surface area contributed by atoms with Gasteiger partial charge in [0.15, 0.2) is 0 Å². The van der Waals surface area contributed by atoms with Gasteiger partial charge < -0.3 is 20.3 Å². The van der Waals surface area contributed by atoms with Crippen LogP contribution in [-0.4, -0.2) is 34.4 Å². The highest BCUT2D eigenvalue weighted by Crippen LogP contribution is 2.19. The molecule has 2 atom stereocenters. The lowest BCUT2D eigenvalue weighted by molar-refractivity contribution is 0.123. The average Bonchev–Trinajstić information content (AvgIpc) is 2.24. The van der Waals surface area contributed by atoms with Gasteiger partial charge in [-0.15, -0.1) is 0 Å². The molecule has 0 saturated carbocycles. The zero-order valence-electron chi connectivity index (χ0n) is 11.0. The summed E-state index contributed by atoms with van der Waals surface area (Å²) < 4.78 is 11.9.